The second-order valence-corrected chi connectivity index (χ2v) is 8.66. The molecule has 0 saturated carbocycles. The topological polar surface area (TPSA) is 178 Å². The van der Waals surface area contributed by atoms with E-state index >= 15 is 0 Å². The van der Waals surface area contributed by atoms with E-state index < -0.39 is 54.0 Å². The van der Waals surface area contributed by atoms with E-state index in [-0.39, 0.29) is 13.0 Å². The molecule has 5 atom stereocenters. The number of carboxylic acids is 1. The van der Waals surface area contributed by atoms with Crippen LogP contribution >= 0.6 is 0 Å². The number of H-pyrrole nitrogens is 1. The zero-order valence-corrected chi connectivity index (χ0v) is 19.2. The van der Waals surface area contributed by atoms with Crippen LogP contribution in [0.1, 0.15) is 32.3 Å². The summed E-state index contributed by atoms with van der Waals surface area (Å²) in [5.74, 6) is -3.03. The first kappa shape index (κ1) is 25.2. The number of nitrogens with one attached hydrogen (secondary N) is 3. The predicted octanol–water partition coefficient (Wildman–Crippen LogP) is -0.516. The number of benzene rings is 1. The number of rotatable bonds is 9. The highest BCUT2D eigenvalue weighted by Gasteiger charge is 2.37. The Morgan fingerprint density at radius 3 is 2.56 bits per heavy atom. The van der Waals surface area contributed by atoms with Crippen molar-refractivity contribution in [2.45, 2.75) is 63.4 Å². The minimum atomic E-state index is -1.34. The van der Waals surface area contributed by atoms with Gasteiger partial charge >= 0.3 is 5.97 Å². The lowest BCUT2D eigenvalue weighted by atomic mass is 10.0. The van der Waals surface area contributed by atoms with Crippen molar-refractivity contribution in [3.05, 3.63) is 36.0 Å². The Morgan fingerprint density at radius 1 is 1.18 bits per heavy atom. The van der Waals surface area contributed by atoms with Crippen LogP contribution in [0.2, 0.25) is 0 Å². The number of para-hydroxylation sites is 1. The summed E-state index contributed by atoms with van der Waals surface area (Å²) in [6.45, 7) is 3.06. The second kappa shape index (κ2) is 10.7. The molecule has 3 rings (SSSR count). The average Bonchev–Trinajstić information content (AvgIpc) is 3.44. The largest absolute Gasteiger partial charge is 0.480 e. The Balaban J connectivity index is 1.61. The maximum Gasteiger partial charge on any atom is 0.326 e. The standard InChI is InChI=1S/C23H31N5O6/c1-12(22(32)28-9-5-8-18(28)23(33)34)26-21(31)19(13(2)29)27-20(30)16(24)10-14-11-25-17-7-4-3-6-15(14)17/h3-4,6-7,11-13,16,18-19,25,29H,5,8-10,24H2,1-2H3,(H,26,31)(H,27,30)(H,33,34). The van der Waals surface area contributed by atoms with Crippen molar-refractivity contribution in [3.63, 3.8) is 0 Å². The lowest BCUT2D eigenvalue weighted by molar-refractivity contribution is -0.149. The van der Waals surface area contributed by atoms with Crippen LogP contribution in [-0.2, 0) is 25.6 Å². The first-order valence-electron chi connectivity index (χ1n) is 11.2. The number of nitrogens with two attached hydrogens (primary N) is 1. The van der Waals surface area contributed by atoms with Crippen molar-refractivity contribution in [1.29, 1.82) is 0 Å². The van der Waals surface area contributed by atoms with E-state index in [1.807, 2.05) is 24.3 Å². The molecule has 5 unspecified atom stereocenters. The number of hydrogen-bond donors (Lipinski definition) is 6. The Kier molecular flexibility index (Phi) is 7.90. The molecule has 0 radical (unpaired) electrons. The van der Waals surface area contributed by atoms with Crippen molar-refractivity contribution in [2.24, 2.45) is 5.73 Å². The van der Waals surface area contributed by atoms with Gasteiger partial charge in [-0.3, -0.25) is 14.4 Å². The number of likely N-dealkylation sites (tertiary alicyclic amines) is 1. The van der Waals surface area contributed by atoms with Gasteiger partial charge in [-0.25, -0.2) is 4.79 Å². The monoisotopic (exact) mass is 473 g/mol. The Hall–Kier alpha value is -3.44. The molecular formula is C23H31N5O6. The first-order chi connectivity index (χ1) is 16.1. The van der Waals surface area contributed by atoms with Crippen molar-refractivity contribution in [3.8, 4) is 0 Å². The normalized spacial score (nSPS) is 19.3. The summed E-state index contributed by atoms with van der Waals surface area (Å²) < 4.78 is 0. The SMILES string of the molecule is CC(NC(=O)C(NC(=O)C(N)Cc1c[nH]c2ccccc12)C(C)O)C(=O)N1CCCC1C(=O)O. The highest BCUT2D eigenvalue weighted by molar-refractivity contribution is 5.94. The maximum absolute atomic E-state index is 12.8. The summed E-state index contributed by atoms with van der Waals surface area (Å²) in [5.41, 5.74) is 7.82. The number of amides is 3. The maximum atomic E-state index is 12.8. The van der Waals surface area contributed by atoms with Gasteiger partial charge in [0.25, 0.3) is 0 Å². The molecule has 1 aliphatic heterocycles. The molecule has 1 aromatic heterocycles. The third-order valence-electron chi connectivity index (χ3n) is 6.06. The van der Waals surface area contributed by atoms with E-state index in [0.29, 0.717) is 12.8 Å². The van der Waals surface area contributed by atoms with Crippen molar-refractivity contribution >= 4 is 34.6 Å². The molecule has 0 aliphatic carbocycles. The number of hydrogen-bond acceptors (Lipinski definition) is 6. The zero-order chi connectivity index (χ0) is 25.0. The van der Waals surface area contributed by atoms with E-state index in [1.165, 1.54) is 18.7 Å². The molecule has 11 nitrogen and oxygen atoms in total. The van der Waals surface area contributed by atoms with E-state index in [0.717, 1.165) is 16.5 Å². The summed E-state index contributed by atoms with van der Waals surface area (Å²) in [5, 5.41) is 25.2. The quantitative estimate of drug-likeness (QED) is 0.284. The van der Waals surface area contributed by atoms with Gasteiger partial charge in [-0.15, -0.1) is 0 Å². The third-order valence-corrected chi connectivity index (χ3v) is 6.06. The molecule has 1 saturated heterocycles. The summed E-state index contributed by atoms with van der Waals surface area (Å²) in [6.07, 6.45) is 1.63. The lowest BCUT2D eigenvalue weighted by Gasteiger charge is -2.28. The first-order valence-corrected chi connectivity index (χ1v) is 11.2. The number of aromatic amines is 1. The van der Waals surface area contributed by atoms with Crippen LogP contribution in [0.3, 0.4) is 0 Å². The molecule has 0 bridgehead atoms. The van der Waals surface area contributed by atoms with Crippen molar-refractivity contribution in [2.75, 3.05) is 6.54 Å². The summed E-state index contributed by atoms with van der Waals surface area (Å²) in [7, 11) is 0. The minimum Gasteiger partial charge on any atom is -0.480 e. The molecule has 2 heterocycles. The lowest BCUT2D eigenvalue weighted by Crippen LogP contribution is -2.59. The smallest absolute Gasteiger partial charge is 0.326 e. The van der Waals surface area contributed by atoms with E-state index in [4.69, 9.17) is 5.73 Å². The van der Waals surface area contributed by atoms with E-state index in [1.54, 1.807) is 6.20 Å². The Morgan fingerprint density at radius 2 is 1.88 bits per heavy atom. The highest BCUT2D eigenvalue weighted by Crippen LogP contribution is 2.19. The van der Waals surface area contributed by atoms with Gasteiger partial charge in [0, 0.05) is 23.6 Å². The fraction of sp³-hybridized carbons (Fsp3) is 0.478. The molecule has 1 aliphatic rings. The number of aromatic nitrogens is 1. The average molecular weight is 474 g/mol. The predicted molar refractivity (Wildman–Crippen MR) is 124 cm³/mol. The van der Waals surface area contributed by atoms with Gasteiger partial charge < -0.3 is 36.5 Å². The molecular weight excluding hydrogens is 442 g/mol. The molecule has 1 aromatic carbocycles. The molecule has 3 amide bonds. The van der Waals surface area contributed by atoms with Crippen LogP contribution in [-0.4, -0.2) is 80.6 Å². The number of fused-ring (bicyclic) bond motifs is 1. The van der Waals surface area contributed by atoms with Crippen molar-refractivity contribution in [1.82, 2.24) is 20.5 Å². The van der Waals surface area contributed by atoms with Crippen LogP contribution in [0.5, 0.6) is 0 Å². The zero-order valence-electron chi connectivity index (χ0n) is 19.2. The number of aliphatic hydroxyl groups excluding tert-OH is 1. The fourth-order valence-corrected chi connectivity index (χ4v) is 4.20. The number of carbonyl (C=O) groups is 4. The number of nitrogens with zero attached hydrogens (tertiary/aromatic N) is 1. The summed E-state index contributed by atoms with van der Waals surface area (Å²) in [4.78, 5) is 53.8. The van der Waals surface area contributed by atoms with Crippen LogP contribution < -0.4 is 16.4 Å². The van der Waals surface area contributed by atoms with Gasteiger partial charge in [-0.05, 0) is 44.7 Å². The highest BCUT2D eigenvalue weighted by atomic mass is 16.4. The van der Waals surface area contributed by atoms with Crippen molar-refractivity contribution < 1.29 is 29.4 Å². The number of aliphatic carboxylic acids is 1. The van der Waals surface area contributed by atoms with Gasteiger partial charge in [0.05, 0.1) is 12.1 Å². The van der Waals surface area contributed by atoms with Crippen LogP contribution in [0.25, 0.3) is 10.9 Å². The molecule has 184 valence electrons. The molecule has 2 aromatic rings. The number of aliphatic hydroxyl groups is 1. The molecule has 1 fully saturated rings. The summed E-state index contributed by atoms with van der Waals surface area (Å²) in [6, 6.07) is 3.29. The fourth-order valence-electron chi connectivity index (χ4n) is 4.20. The molecule has 7 N–H and O–H groups in total. The van der Waals surface area contributed by atoms with Crippen LogP contribution in [0, 0.1) is 0 Å². The van der Waals surface area contributed by atoms with Gasteiger partial charge in [0.2, 0.25) is 17.7 Å². The molecule has 0 spiro atoms. The van der Waals surface area contributed by atoms with Gasteiger partial charge in [0.1, 0.15) is 18.1 Å². The molecule has 11 heteroatoms. The summed E-state index contributed by atoms with van der Waals surface area (Å²) >= 11 is 0. The van der Waals surface area contributed by atoms with E-state index in [9.17, 15) is 29.4 Å². The third kappa shape index (κ3) is 5.54. The Labute approximate surface area is 196 Å². The number of carboxylic acid groups (broad SMARTS) is 1. The van der Waals surface area contributed by atoms with Gasteiger partial charge in [-0.2, -0.15) is 0 Å². The Bertz CT molecular complexity index is 1070. The van der Waals surface area contributed by atoms with E-state index in [2.05, 4.69) is 15.6 Å². The van der Waals surface area contributed by atoms with Gasteiger partial charge in [0.15, 0.2) is 0 Å². The second-order valence-electron chi connectivity index (χ2n) is 8.66. The van der Waals surface area contributed by atoms with Crippen LogP contribution in [0.4, 0.5) is 0 Å². The van der Waals surface area contributed by atoms with Crippen LogP contribution in [0.15, 0.2) is 30.5 Å². The molecule has 34 heavy (non-hydrogen) atoms. The minimum absolute atomic E-state index is 0.213. The number of carbonyl (C=O) groups excluding carboxylic acids is 3. The van der Waals surface area contributed by atoms with Gasteiger partial charge in [-0.1, -0.05) is 18.2 Å².